The van der Waals surface area contributed by atoms with Crippen molar-refractivity contribution in [3.8, 4) is 5.69 Å². The van der Waals surface area contributed by atoms with Crippen LogP contribution in [-0.2, 0) is 21.2 Å². The fourth-order valence-corrected chi connectivity index (χ4v) is 2.81. The summed E-state index contributed by atoms with van der Waals surface area (Å²) in [6, 6.07) is 6.01. The summed E-state index contributed by atoms with van der Waals surface area (Å²) in [7, 11) is -3.73. The van der Waals surface area contributed by atoms with Gasteiger partial charge in [-0.3, -0.25) is 0 Å². The van der Waals surface area contributed by atoms with E-state index in [-0.39, 0.29) is 11.3 Å². The number of aromatic nitrogens is 2. The molecule has 2 rings (SSSR count). The molecule has 0 saturated heterocycles. The molecule has 0 aliphatic carbocycles. The van der Waals surface area contributed by atoms with Crippen molar-refractivity contribution < 1.29 is 18.3 Å². The van der Waals surface area contributed by atoms with Gasteiger partial charge in [-0.2, -0.15) is 5.10 Å². The summed E-state index contributed by atoms with van der Waals surface area (Å²) in [6.07, 6.45) is 0.271. The molecule has 1 aromatic carbocycles. The lowest BCUT2D eigenvalue weighted by atomic mass is 10.1. The van der Waals surface area contributed by atoms with Crippen LogP contribution in [0.1, 0.15) is 23.4 Å². The molecule has 0 amide bonds. The highest BCUT2D eigenvalue weighted by Gasteiger charge is 2.13. The Bertz CT molecular complexity index is 807. The summed E-state index contributed by atoms with van der Waals surface area (Å²) in [5, 5.41) is 20.0. The minimum Gasteiger partial charge on any atom is -0.550 e. The summed E-state index contributed by atoms with van der Waals surface area (Å²) in [6.45, 7) is 3.63. The maximum atomic E-state index is 11.2. The Morgan fingerprint density at radius 2 is 1.86 bits per heavy atom. The molecule has 7 nitrogen and oxygen atoms in total. The van der Waals surface area contributed by atoms with E-state index in [9.17, 15) is 18.3 Å². The number of carboxylic acid groups (broad SMARTS) is 1. The zero-order chi connectivity index (χ0) is 16.5. The van der Waals surface area contributed by atoms with Crippen LogP contribution in [0.4, 0.5) is 0 Å². The number of rotatable bonds is 5. The topological polar surface area (TPSA) is 118 Å². The van der Waals surface area contributed by atoms with Crippen LogP contribution in [-0.4, -0.2) is 24.2 Å². The third-order valence-electron chi connectivity index (χ3n) is 3.43. The van der Waals surface area contributed by atoms with Gasteiger partial charge in [0.25, 0.3) is 0 Å². The first-order chi connectivity index (χ1) is 10.2. The van der Waals surface area contributed by atoms with Gasteiger partial charge in [-0.05, 0) is 56.5 Å². The van der Waals surface area contributed by atoms with E-state index in [4.69, 9.17) is 5.14 Å². The standard InChI is InChI=1S/C14H17N3O4S/c1-9-13(7-8-14(18)19)10(2)17(16-9)11-3-5-12(6-4-11)22(15,20)21/h3-6H,7-8H2,1-2H3,(H,18,19)(H2,15,20,21)/p-1. The van der Waals surface area contributed by atoms with Crippen molar-refractivity contribution >= 4 is 16.0 Å². The normalized spacial score (nSPS) is 11.6. The predicted molar refractivity (Wildman–Crippen MR) is 77.7 cm³/mol. The first-order valence-corrected chi connectivity index (χ1v) is 8.13. The average molecular weight is 322 g/mol. The molecule has 0 radical (unpaired) electrons. The Morgan fingerprint density at radius 1 is 1.27 bits per heavy atom. The van der Waals surface area contributed by atoms with Crippen LogP contribution < -0.4 is 10.2 Å². The van der Waals surface area contributed by atoms with Crippen LogP contribution in [0.5, 0.6) is 0 Å². The van der Waals surface area contributed by atoms with Crippen LogP contribution in [0.3, 0.4) is 0 Å². The predicted octanol–water partition coefficient (Wildman–Crippen LogP) is -0.181. The Hall–Kier alpha value is -2.19. The number of nitrogens with two attached hydrogens (primary N) is 1. The fraction of sp³-hybridized carbons (Fsp3) is 0.286. The third-order valence-corrected chi connectivity index (χ3v) is 4.36. The van der Waals surface area contributed by atoms with Crippen LogP contribution >= 0.6 is 0 Å². The highest BCUT2D eigenvalue weighted by Crippen LogP contribution is 2.20. The molecule has 1 aromatic heterocycles. The number of sulfonamides is 1. The summed E-state index contributed by atoms with van der Waals surface area (Å²) < 4.78 is 24.1. The van der Waals surface area contributed by atoms with Gasteiger partial charge in [0.05, 0.1) is 16.3 Å². The van der Waals surface area contributed by atoms with E-state index < -0.39 is 16.0 Å². The molecular formula is C14H16N3O4S-. The van der Waals surface area contributed by atoms with E-state index in [1.165, 1.54) is 12.1 Å². The van der Waals surface area contributed by atoms with Gasteiger partial charge in [-0.25, -0.2) is 18.2 Å². The summed E-state index contributed by atoms with van der Waals surface area (Å²) >= 11 is 0. The van der Waals surface area contributed by atoms with E-state index in [1.54, 1.807) is 23.7 Å². The second-order valence-electron chi connectivity index (χ2n) is 4.97. The van der Waals surface area contributed by atoms with E-state index in [2.05, 4.69) is 5.10 Å². The van der Waals surface area contributed by atoms with Gasteiger partial charge in [0.15, 0.2) is 0 Å². The van der Waals surface area contributed by atoms with Crippen molar-refractivity contribution in [2.45, 2.75) is 31.6 Å². The van der Waals surface area contributed by atoms with Crippen molar-refractivity contribution in [1.82, 2.24) is 9.78 Å². The average Bonchev–Trinajstić information content (AvgIpc) is 2.71. The molecule has 8 heteroatoms. The van der Waals surface area contributed by atoms with E-state index in [1.807, 2.05) is 6.92 Å². The highest BCUT2D eigenvalue weighted by atomic mass is 32.2. The number of aryl methyl sites for hydroxylation is 1. The molecular weight excluding hydrogens is 306 g/mol. The molecule has 22 heavy (non-hydrogen) atoms. The first-order valence-electron chi connectivity index (χ1n) is 6.58. The van der Waals surface area contributed by atoms with Crippen molar-refractivity contribution in [1.29, 1.82) is 0 Å². The minimum atomic E-state index is -3.73. The smallest absolute Gasteiger partial charge is 0.238 e. The van der Waals surface area contributed by atoms with Gasteiger partial charge in [0, 0.05) is 11.7 Å². The zero-order valence-corrected chi connectivity index (χ0v) is 13.1. The molecule has 0 bridgehead atoms. The fourth-order valence-electron chi connectivity index (χ4n) is 2.29. The molecule has 0 aliphatic heterocycles. The van der Waals surface area contributed by atoms with Gasteiger partial charge in [0.2, 0.25) is 10.0 Å². The molecule has 2 aromatic rings. The number of primary sulfonamides is 1. The summed E-state index contributed by atoms with van der Waals surface area (Å²) in [5.74, 6) is -1.11. The van der Waals surface area contributed by atoms with E-state index in [0.29, 0.717) is 12.1 Å². The monoisotopic (exact) mass is 322 g/mol. The maximum absolute atomic E-state index is 11.2. The zero-order valence-electron chi connectivity index (χ0n) is 12.2. The van der Waals surface area contributed by atoms with Gasteiger partial charge < -0.3 is 9.90 Å². The van der Waals surface area contributed by atoms with Crippen molar-refractivity contribution in [2.24, 2.45) is 5.14 Å². The van der Waals surface area contributed by atoms with Gasteiger partial charge in [-0.15, -0.1) is 0 Å². The van der Waals surface area contributed by atoms with Crippen LogP contribution in [0.15, 0.2) is 29.2 Å². The number of hydrogen-bond acceptors (Lipinski definition) is 5. The number of carbonyl (C=O) groups is 1. The van der Waals surface area contributed by atoms with Crippen molar-refractivity contribution in [3.05, 3.63) is 41.2 Å². The number of aliphatic carboxylic acids is 1. The number of carboxylic acids is 1. The number of benzene rings is 1. The van der Waals surface area contributed by atoms with Crippen molar-refractivity contribution in [3.63, 3.8) is 0 Å². The second kappa shape index (κ2) is 5.90. The van der Waals surface area contributed by atoms with Crippen LogP contribution in [0.2, 0.25) is 0 Å². The van der Waals surface area contributed by atoms with Gasteiger partial charge in [-0.1, -0.05) is 0 Å². The number of carbonyl (C=O) groups excluding carboxylic acids is 1. The van der Waals surface area contributed by atoms with E-state index in [0.717, 1.165) is 17.0 Å². The highest BCUT2D eigenvalue weighted by molar-refractivity contribution is 7.89. The molecule has 1 heterocycles. The lowest BCUT2D eigenvalue weighted by Gasteiger charge is -2.07. The quantitative estimate of drug-likeness (QED) is 0.819. The van der Waals surface area contributed by atoms with Gasteiger partial charge in [0.1, 0.15) is 0 Å². The van der Waals surface area contributed by atoms with Gasteiger partial charge >= 0.3 is 0 Å². The molecule has 118 valence electrons. The number of nitrogens with zero attached hydrogens (tertiary/aromatic N) is 2. The molecule has 0 spiro atoms. The van der Waals surface area contributed by atoms with Crippen molar-refractivity contribution in [2.75, 3.05) is 0 Å². The lowest BCUT2D eigenvalue weighted by molar-refractivity contribution is -0.305. The Morgan fingerprint density at radius 3 is 2.36 bits per heavy atom. The molecule has 2 N–H and O–H groups in total. The lowest BCUT2D eigenvalue weighted by Crippen LogP contribution is -2.22. The Balaban J connectivity index is 2.37. The molecule has 0 atom stereocenters. The molecule has 0 aliphatic rings. The first kappa shape index (κ1) is 16.2. The SMILES string of the molecule is Cc1nn(-c2ccc(S(N)(=O)=O)cc2)c(C)c1CCC(=O)[O-]. The molecule has 0 saturated carbocycles. The molecule has 0 fully saturated rings. The largest absolute Gasteiger partial charge is 0.550 e. The van der Waals surface area contributed by atoms with Crippen LogP contribution in [0.25, 0.3) is 5.69 Å². The molecule has 0 unspecified atom stereocenters. The maximum Gasteiger partial charge on any atom is 0.238 e. The number of hydrogen-bond donors (Lipinski definition) is 1. The third kappa shape index (κ3) is 3.34. The van der Waals surface area contributed by atoms with Crippen LogP contribution in [0, 0.1) is 13.8 Å². The summed E-state index contributed by atoms with van der Waals surface area (Å²) in [5.41, 5.74) is 3.06. The Kier molecular flexibility index (Phi) is 4.34. The van der Waals surface area contributed by atoms with E-state index >= 15 is 0 Å². The summed E-state index contributed by atoms with van der Waals surface area (Å²) in [4.78, 5) is 10.6. The second-order valence-corrected chi connectivity index (χ2v) is 6.53. The minimum absolute atomic E-state index is 0.0231. The Labute approximate surface area is 128 Å².